The highest BCUT2D eigenvalue weighted by Crippen LogP contribution is 1.94. The number of carboxylic acid groups (broad SMARTS) is 1. The van der Waals surface area contributed by atoms with Gasteiger partial charge < -0.3 is 15.2 Å². The Hall–Kier alpha value is -0.770. The van der Waals surface area contributed by atoms with E-state index in [1.807, 2.05) is 0 Å². The van der Waals surface area contributed by atoms with Crippen LogP contribution in [0.15, 0.2) is 0 Å². The van der Waals surface area contributed by atoms with E-state index in [1.54, 1.807) is 0 Å². The van der Waals surface area contributed by atoms with Gasteiger partial charge in [-0.15, -0.1) is 0 Å². The molecule has 0 aromatic rings. The Kier molecular flexibility index (Phi) is 8.77. The summed E-state index contributed by atoms with van der Waals surface area (Å²) >= 11 is 0. The zero-order valence-corrected chi connectivity index (χ0v) is 8.21. The second kappa shape index (κ2) is 9.32. The van der Waals surface area contributed by atoms with E-state index in [4.69, 9.17) is 9.84 Å². The van der Waals surface area contributed by atoms with Crippen molar-refractivity contribution in [2.75, 3.05) is 19.8 Å². The van der Waals surface area contributed by atoms with E-state index >= 15 is 0 Å². The van der Waals surface area contributed by atoms with Crippen LogP contribution >= 0.6 is 0 Å². The Morgan fingerprint density at radius 2 is 2.00 bits per heavy atom. The summed E-state index contributed by atoms with van der Waals surface area (Å²) in [6, 6.07) is 0. The molecule has 2 N–H and O–H groups in total. The molecular formula is C9H19NO3. The van der Waals surface area contributed by atoms with Crippen LogP contribution in [0.2, 0.25) is 0 Å². The predicted molar refractivity (Wildman–Crippen MR) is 51.0 cm³/mol. The van der Waals surface area contributed by atoms with Crippen LogP contribution in [0, 0.1) is 0 Å². The third-order valence-electron chi connectivity index (χ3n) is 1.63. The lowest BCUT2D eigenvalue weighted by atomic mass is 10.3. The highest BCUT2D eigenvalue weighted by molar-refractivity contribution is 5.64. The summed E-state index contributed by atoms with van der Waals surface area (Å²) in [5.74, 6) is 0. The van der Waals surface area contributed by atoms with E-state index in [-0.39, 0.29) is 0 Å². The number of hydrogen-bond donors (Lipinski definition) is 2. The van der Waals surface area contributed by atoms with E-state index < -0.39 is 6.09 Å². The summed E-state index contributed by atoms with van der Waals surface area (Å²) in [6.45, 7) is 4.06. The van der Waals surface area contributed by atoms with Crippen LogP contribution < -0.4 is 5.32 Å². The Morgan fingerprint density at radius 3 is 2.62 bits per heavy atom. The number of hydrogen-bond acceptors (Lipinski definition) is 2. The predicted octanol–water partition coefficient (Wildman–Crippen LogP) is 1.85. The first-order valence-electron chi connectivity index (χ1n) is 4.82. The van der Waals surface area contributed by atoms with Crippen LogP contribution in [-0.4, -0.2) is 31.0 Å². The van der Waals surface area contributed by atoms with Gasteiger partial charge in [-0.05, 0) is 12.8 Å². The molecule has 0 aliphatic rings. The van der Waals surface area contributed by atoms with E-state index in [9.17, 15) is 4.79 Å². The number of carbonyl (C=O) groups is 1. The smallest absolute Gasteiger partial charge is 0.404 e. The molecule has 0 aliphatic carbocycles. The number of nitrogens with one attached hydrogen (secondary N) is 1. The van der Waals surface area contributed by atoms with Gasteiger partial charge >= 0.3 is 6.09 Å². The third kappa shape index (κ3) is 11.2. The minimum atomic E-state index is -0.967. The van der Waals surface area contributed by atoms with Crippen molar-refractivity contribution in [2.45, 2.75) is 32.6 Å². The molecule has 0 rings (SSSR count). The van der Waals surface area contributed by atoms with Crippen molar-refractivity contribution in [3.8, 4) is 0 Å². The molecule has 0 aliphatic heterocycles. The molecule has 0 aromatic carbocycles. The Bertz CT molecular complexity index is 128. The minimum absolute atomic E-state index is 0.475. The molecule has 0 fully saturated rings. The summed E-state index contributed by atoms with van der Waals surface area (Å²) < 4.78 is 5.28. The zero-order chi connectivity index (χ0) is 9.94. The van der Waals surface area contributed by atoms with Crippen LogP contribution in [0.25, 0.3) is 0 Å². The maximum atomic E-state index is 10.0. The van der Waals surface area contributed by atoms with Gasteiger partial charge in [0.1, 0.15) is 0 Å². The molecule has 0 heterocycles. The quantitative estimate of drug-likeness (QED) is 0.573. The first-order chi connectivity index (χ1) is 6.27. The van der Waals surface area contributed by atoms with Gasteiger partial charge in [0.2, 0.25) is 0 Å². The largest absolute Gasteiger partial charge is 0.465 e. The van der Waals surface area contributed by atoms with Crippen LogP contribution in [0.3, 0.4) is 0 Å². The Morgan fingerprint density at radius 1 is 1.31 bits per heavy atom. The van der Waals surface area contributed by atoms with E-state index in [2.05, 4.69) is 12.2 Å². The lowest BCUT2D eigenvalue weighted by Gasteiger charge is -2.03. The molecule has 0 spiro atoms. The number of unbranched alkanes of at least 4 members (excludes halogenated alkanes) is 2. The molecule has 4 nitrogen and oxygen atoms in total. The van der Waals surface area contributed by atoms with E-state index in [0.29, 0.717) is 13.2 Å². The summed E-state index contributed by atoms with van der Waals surface area (Å²) in [5.41, 5.74) is 0. The molecule has 13 heavy (non-hydrogen) atoms. The van der Waals surface area contributed by atoms with Crippen molar-refractivity contribution >= 4 is 6.09 Å². The lowest BCUT2D eigenvalue weighted by Crippen LogP contribution is -2.22. The molecule has 0 aromatic heterocycles. The highest BCUT2D eigenvalue weighted by atomic mass is 16.5. The number of amides is 1. The van der Waals surface area contributed by atoms with Gasteiger partial charge in [0.05, 0.1) is 0 Å². The van der Waals surface area contributed by atoms with Gasteiger partial charge in [-0.25, -0.2) is 4.79 Å². The fourth-order valence-corrected chi connectivity index (χ4v) is 0.926. The SMILES string of the molecule is CCCCCOCCCNC(=O)O. The summed E-state index contributed by atoms with van der Waals surface area (Å²) in [6.07, 6.45) is 3.28. The molecule has 0 radical (unpaired) electrons. The second-order valence-corrected chi connectivity index (χ2v) is 2.90. The molecule has 78 valence electrons. The molecule has 4 heteroatoms. The van der Waals surface area contributed by atoms with Gasteiger partial charge in [0.15, 0.2) is 0 Å². The van der Waals surface area contributed by atoms with Crippen LogP contribution in [-0.2, 0) is 4.74 Å². The topological polar surface area (TPSA) is 58.6 Å². The van der Waals surface area contributed by atoms with Gasteiger partial charge in [-0.3, -0.25) is 0 Å². The molecule has 0 bridgehead atoms. The van der Waals surface area contributed by atoms with Crippen molar-refractivity contribution in [2.24, 2.45) is 0 Å². The molecule has 1 amide bonds. The third-order valence-corrected chi connectivity index (χ3v) is 1.63. The van der Waals surface area contributed by atoms with Gasteiger partial charge in [-0.2, -0.15) is 0 Å². The molecule has 0 atom stereocenters. The molecule has 0 saturated heterocycles. The van der Waals surface area contributed by atoms with Crippen molar-refractivity contribution < 1.29 is 14.6 Å². The maximum absolute atomic E-state index is 10.0. The fourth-order valence-electron chi connectivity index (χ4n) is 0.926. The summed E-state index contributed by atoms with van der Waals surface area (Å²) in [7, 11) is 0. The summed E-state index contributed by atoms with van der Waals surface area (Å²) in [5, 5.41) is 10.5. The van der Waals surface area contributed by atoms with E-state index in [0.717, 1.165) is 19.4 Å². The minimum Gasteiger partial charge on any atom is -0.465 e. The first-order valence-corrected chi connectivity index (χ1v) is 4.82. The van der Waals surface area contributed by atoms with Gasteiger partial charge in [0, 0.05) is 19.8 Å². The summed E-state index contributed by atoms with van der Waals surface area (Å²) in [4.78, 5) is 10.0. The van der Waals surface area contributed by atoms with Crippen molar-refractivity contribution in [1.82, 2.24) is 5.32 Å². The van der Waals surface area contributed by atoms with Crippen LogP contribution in [0.1, 0.15) is 32.6 Å². The van der Waals surface area contributed by atoms with Gasteiger partial charge in [-0.1, -0.05) is 19.8 Å². The van der Waals surface area contributed by atoms with Crippen molar-refractivity contribution in [1.29, 1.82) is 0 Å². The van der Waals surface area contributed by atoms with Gasteiger partial charge in [0.25, 0.3) is 0 Å². The number of rotatable bonds is 8. The Labute approximate surface area is 79.3 Å². The van der Waals surface area contributed by atoms with Crippen molar-refractivity contribution in [3.05, 3.63) is 0 Å². The number of ether oxygens (including phenoxy) is 1. The lowest BCUT2D eigenvalue weighted by molar-refractivity contribution is 0.127. The maximum Gasteiger partial charge on any atom is 0.404 e. The van der Waals surface area contributed by atoms with E-state index in [1.165, 1.54) is 12.8 Å². The molecular weight excluding hydrogens is 170 g/mol. The average Bonchev–Trinajstić information content (AvgIpc) is 2.09. The first kappa shape index (κ1) is 12.2. The van der Waals surface area contributed by atoms with Crippen LogP contribution in [0.4, 0.5) is 4.79 Å². The zero-order valence-electron chi connectivity index (χ0n) is 8.21. The normalized spacial score (nSPS) is 9.92. The molecule has 0 saturated carbocycles. The highest BCUT2D eigenvalue weighted by Gasteiger charge is 1.93. The second-order valence-electron chi connectivity index (χ2n) is 2.90. The molecule has 0 unspecified atom stereocenters. The standard InChI is InChI=1S/C9H19NO3/c1-2-3-4-7-13-8-5-6-10-9(11)12/h10H,2-8H2,1H3,(H,11,12). The fraction of sp³-hybridized carbons (Fsp3) is 0.889. The average molecular weight is 189 g/mol. The van der Waals surface area contributed by atoms with Crippen LogP contribution in [0.5, 0.6) is 0 Å². The monoisotopic (exact) mass is 189 g/mol. The van der Waals surface area contributed by atoms with Crippen molar-refractivity contribution in [3.63, 3.8) is 0 Å². The Balaban J connectivity index is 2.87.